The minimum Gasteiger partial charge on any atom is -0.316 e. The summed E-state index contributed by atoms with van der Waals surface area (Å²) in [5.74, 6) is 0. The standard InChI is InChI=1S/C8H11N.FH/c1-9-7-8-5-3-2-4-6-8;/h2-6,9H,7H2,1H3;1H. The highest BCUT2D eigenvalue weighted by molar-refractivity contribution is 5.13. The van der Waals surface area contributed by atoms with Crippen LogP contribution >= 0.6 is 0 Å². The average Bonchev–Trinajstić information content (AvgIpc) is 1.91. The SMILES string of the molecule is CNCc1ccccc1.F. The molecule has 0 atom stereocenters. The Bertz CT molecular complexity index is 162. The van der Waals surface area contributed by atoms with Crippen molar-refractivity contribution in [2.75, 3.05) is 7.05 Å². The monoisotopic (exact) mass is 141 g/mol. The second-order valence-corrected chi connectivity index (χ2v) is 2.02. The summed E-state index contributed by atoms with van der Waals surface area (Å²) in [4.78, 5) is 0. The molecule has 1 aromatic rings. The maximum atomic E-state index is 3.08. The van der Waals surface area contributed by atoms with E-state index in [-0.39, 0.29) is 4.70 Å². The first-order valence-corrected chi connectivity index (χ1v) is 3.12. The molecule has 0 aliphatic rings. The van der Waals surface area contributed by atoms with Gasteiger partial charge in [0.25, 0.3) is 0 Å². The third-order valence-corrected chi connectivity index (χ3v) is 1.22. The van der Waals surface area contributed by atoms with Gasteiger partial charge in [-0.2, -0.15) is 0 Å². The third kappa shape index (κ3) is 2.60. The quantitative estimate of drug-likeness (QED) is 0.659. The number of rotatable bonds is 2. The number of hydrogen-bond acceptors (Lipinski definition) is 1. The zero-order valence-electron chi connectivity index (χ0n) is 6.00. The van der Waals surface area contributed by atoms with Gasteiger partial charge in [0.15, 0.2) is 0 Å². The zero-order valence-corrected chi connectivity index (χ0v) is 6.00. The zero-order chi connectivity index (χ0) is 6.53. The topological polar surface area (TPSA) is 12.0 Å². The summed E-state index contributed by atoms with van der Waals surface area (Å²) in [5, 5.41) is 3.08. The molecule has 10 heavy (non-hydrogen) atoms. The molecule has 0 aromatic heterocycles. The van der Waals surface area contributed by atoms with Gasteiger partial charge in [0.2, 0.25) is 0 Å². The molecule has 0 aliphatic carbocycles. The van der Waals surface area contributed by atoms with Gasteiger partial charge in [-0.1, -0.05) is 30.3 Å². The van der Waals surface area contributed by atoms with Crippen LogP contribution in [0.5, 0.6) is 0 Å². The molecule has 56 valence electrons. The van der Waals surface area contributed by atoms with Gasteiger partial charge in [0.1, 0.15) is 0 Å². The summed E-state index contributed by atoms with van der Waals surface area (Å²) in [6.07, 6.45) is 0. The first-order valence-electron chi connectivity index (χ1n) is 3.12. The van der Waals surface area contributed by atoms with Gasteiger partial charge in [-0.05, 0) is 12.6 Å². The largest absolute Gasteiger partial charge is 0.316 e. The molecule has 2 heteroatoms. The summed E-state index contributed by atoms with van der Waals surface area (Å²) in [6, 6.07) is 10.3. The molecule has 0 spiro atoms. The minimum absolute atomic E-state index is 0. The van der Waals surface area contributed by atoms with E-state index < -0.39 is 0 Å². The minimum atomic E-state index is 0. The van der Waals surface area contributed by atoms with Gasteiger partial charge in [-0.3, -0.25) is 4.70 Å². The second-order valence-electron chi connectivity index (χ2n) is 2.02. The van der Waals surface area contributed by atoms with E-state index in [9.17, 15) is 0 Å². The Kier molecular flexibility index (Phi) is 4.50. The van der Waals surface area contributed by atoms with E-state index in [0.29, 0.717) is 0 Å². The molecular weight excluding hydrogens is 129 g/mol. The molecule has 0 amide bonds. The van der Waals surface area contributed by atoms with Crippen LogP contribution in [0.1, 0.15) is 5.56 Å². The Morgan fingerprint density at radius 2 is 1.80 bits per heavy atom. The third-order valence-electron chi connectivity index (χ3n) is 1.22. The Balaban J connectivity index is 0.000000810. The Hall–Kier alpha value is -0.890. The summed E-state index contributed by atoms with van der Waals surface area (Å²) < 4.78 is 0. The maximum Gasteiger partial charge on any atom is 0.0202 e. The molecule has 0 unspecified atom stereocenters. The van der Waals surface area contributed by atoms with Gasteiger partial charge < -0.3 is 5.32 Å². The average molecular weight is 141 g/mol. The van der Waals surface area contributed by atoms with Gasteiger partial charge >= 0.3 is 0 Å². The highest BCUT2D eigenvalue weighted by atomic mass is 19.0. The Labute approximate surface area is 60.4 Å². The molecule has 0 saturated heterocycles. The molecule has 0 radical (unpaired) electrons. The highest BCUT2D eigenvalue weighted by Gasteiger charge is 1.83. The van der Waals surface area contributed by atoms with Gasteiger partial charge in [-0.15, -0.1) is 0 Å². The lowest BCUT2D eigenvalue weighted by Crippen LogP contribution is -2.04. The van der Waals surface area contributed by atoms with E-state index in [0.717, 1.165) is 6.54 Å². The predicted octanol–water partition coefficient (Wildman–Crippen LogP) is 1.56. The lowest BCUT2D eigenvalue weighted by molar-refractivity contribution is 0.818. The van der Waals surface area contributed by atoms with Crippen molar-refractivity contribution in [3.05, 3.63) is 35.9 Å². The van der Waals surface area contributed by atoms with Crippen molar-refractivity contribution in [2.24, 2.45) is 0 Å². The fourth-order valence-corrected chi connectivity index (χ4v) is 0.800. The molecule has 1 N–H and O–H groups in total. The van der Waals surface area contributed by atoms with Crippen LogP contribution in [-0.2, 0) is 6.54 Å². The van der Waals surface area contributed by atoms with Crippen molar-refractivity contribution < 1.29 is 4.70 Å². The molecule has 0 aliphatic heterocycles. The Morgan fingerprint density at radius 1 is 1.20 bits per heavy atom. The van der Waals surface area contributed by atoms with E-state index in [1.807, 2.05) is 25.2 Å². The van der Waals surface area contributed by atoms with Crippen LogP contribution < -0.4 is 5.32 Å². The molecular formula is C8H12FN. The van der Waals surface area contributed by atoms with E-state index in [4.69, 9.17) is 0 Å². The Morgan fingerprint density at radius 3 is 2.30 bits per heavy atom. The van der Waals surface area contributed by atoms with Crippen LogP contribution in [0, 0.1) is 0 Å². The van der Waals surface area contributed by atoms with E-state index in [1.54, 1.807) is 0 Å². The molecule has 0 bridgehead atoms. The van der Waals surface area contributed by atoms with E-state index >= 15 is 0 Å². The molecule has 0 saturated carbocycles. The van der Waals surface area contributed by atoms with E-state index in [1.165, 1.54) is 5.56 Å². The van der Waals surface area contributed by atoms with Crippen molar-refractivity contribution in [1.82, 2.24) is 5.32 Å². The summed E-state index contributed by atoms with van der Waals surface area (Å²) in [5.41, 5.74) is 1.33. The van der Waals surface area contributed by atoms with Crippen LogP contribution in [0.15, 0.2) is 30.3 Å². The first-order chi connectivity index (χ1) is 4.43. The van der Waals surface area contributed by atoms with E-state index in [2.05, 4.69) is 17.4 Å². The molecule has 0 heterocycles. The number of nitrogens with one attached hydrogen (secondary N) is 1. The van der Waals surface area contributed by atoms with Crippen molar-refractivity contribution in [1.29, 1.82) is 0 Å². The fraction of sp³-hybridized carbons (Fsp3) is 0.250. The van der Waals surface area contributed by atoms with Gasteiger partial charge in [-0.25, -0.2) is 0 Å². The van der Waals surface area contributed by atoms with Crippen molar-refractivity contribution in [3.8, 4) is 0 Å². The first kappa shape index (κ1) is 9.11. The lowest BCUT2D eigenvalue weighted by atomic mass is 10.2. The van der Waals surface area contributed by atoms with Gasteiger partial charge in [0.05, 0.1) is 0 Å². The highest BCUT2D eigenvalue weighted by Crippen LogP contribution is 1.95. The van der Waals surface area contributed by atoms with Crippen LogP contribution in [0.2, 0.25) is 0 Å². The second kappa shape index (κ2) is 4.94. The molecule has 0 fully saturated rings. The maximum absolute atomic E-state index is 3.08. The number of halogens is 1. The number of hydrogen-bond donors (Lipinski definition) is 1. The van der Waals surface area contributed by atoms with Crippen molar-refractivity contribution in [2.45, 2.75) is 6.54 Å². The molecule has 1 nitrogen and oxygen atoms in total. The van der Waals surface area contributed by atoms with Crippen molar-refractivity contribution >= 4 is 0 Å². The number of benzene rings is 1. The molecule has 1 rings (SSSR count). The molecule has 1 aromatic carbocycles. The normalized spacial score (nSPS) is 8.50. The van der Waals surface area contributed by atoms with Crippen molar-refractivity contribution in [3.63, 3.8) is 0 Å². The van der Waals surface area contributed by atoms with Crippen LogP contribution in [0.4, 0.5) is 4.70 Å². The lowest BCUT2D eigenvalue weighted by Gasteiger charge is -1.95. The predicted molar refractivity (Wildman–Crippen MR) is 41.7 cm³/mol. The van der Waals surface area contributed by atoms with Crippen LogP contribution in [0.3, 0.4) is 0 Å². The van der Waals surface area contributed by atoms with Crippen LogP contribution in [-0.4, -0.2) is 7.05 Å². The smallest absolute Gasteiger partial charge is 0.0202 e. The van der Waals surface area contributed by atoms with Crippen LogP contribution in [0.25, 0.3) is 0 Å². The summed E-state index contributed by atoms with van der Waals surface area (Å²) in [7, 11) is 1.95. The summed E-state index contributed by atoms with van der Waals surface area (Å²) in [6.45, 7) is 0.959. The summed E-state index contributed by atoms with van der Waals surface area (Å²) >= 11 is 0. The fourth-order valence-electron chi connectivity index (χ4n) is 0.800. The van der Waals surface area contributed by atoms with Gasteiger partial charge in [0, 0.05) is 6.54 Å².